The number of anilines is 2. The molecule has 1 aliphatic heterocycles. The maximum absolute atomic E-state index is 3.50. The Morgan fingerprint density at radius 3 is 2.70 bits per heavy atom. The number of nitrogens with one attached hydrogen (secondary N) is 1. The molecule has 0 atom stereocenters. The third-order valence-electron chi connectivity index (χ3n) is 3.60. The van der Waals surface area contributed by atoms with Crippen molar-refractivity contribution in [3.8, 4) is 0 Å². The minimum Gasteiger partial charge on any atom is -0.383 e. The second kappa shape index (κ2) is 6.29. The monoisotopic (exact) mass is 264 g/mol. The van der Waals surface area contributed by atoms with Gasteiger partial charge >= 0.3 is 0 Å². The normalized spacial score (nSPS) is 14.7. The van der Waals surface area contributed by atoms with Crippen LogP contribution in [0.1, 0.15) is 12.0 Å². The van der Waals surface area contributed by atoms with Gasteiger partial charge in [-0.15, -0.1) is 0 Å². The first kappa shape index (κ1) is 12.8. The van der Waals surface area contributed by atoms with Gasteiger partial charge in [-0.3, -0.25) is 0 Å². The van der Waals surface area contributed by atoms with E-state index in [4.69, 9.17) is 0 Å². The molecular weight excluding hydrogens is 244 g/mol. The maximum atomic E-state index is 3.50. The number of hydrogen-bond acceptors (Lipinski definition) is 2. The molecule has 0 unspecified atom stereocenters. The van der Waals surface area contributed by atoms with Gasteiger partial charge in [-0.1, -0.05) is 54.6 Å². The first-order valence-corrected chi connectivity index (χ1v) is 7.23. The lowest BCUT2D eigenvalue weighted by atomic mass is 10.2. The topological polar surface area (TPSA) is 15.3 Å². The quantitative estimate of drug-likeness (QED) is 0.900. The highest BCUT2D eigenvalue weighted by atomic mass is 15.2. The number of rotatable bonds is 3. The van der Waals surface area contributed by atoms with Crippen molar-refractivity contribution >= 4 is 17.5 Å². The second-order valence-electron chi connectivity index (χ2n) is 5.06. The largest absolute Gasteiger partial charge is 0.383 e. The molecule has 20 heavy (non-hydrogen) atoms. The zero-order valence-corrected chi connectivity index (χ0v) is 11.6. The lowest BCUT2D eigenvalue weighted by Crippen LogP contribution is -2.23. The fraction of sp³-hybridized carbons (Fsp3) is 0.222. The van der Waals surface area contributed by atoms with Crippen molar-refractivity contribution in [1.82, 2.24) is 0 Å². The van der Waals surface area contributed by atoms with Crippen molar-refractivity contribution in [1.29, 1.82) is 0 Å². The van der Waals surface area contributed by atoms with E-state index in [0.29, 0.717) is 0 Å². The molecule has 2 aromatic rings. The summed E-state index contributed by atoms with van der Waals surface area (Å²) < 4.78 is 0. The van der Waals surface area contributed by atoms with Crippen molar-refractivity contribution in [2.45, 2.75) is 6.42 Å². The van der Waals surface area contributed by atoms with Gasteiger partial charge in [0.15, 0.2) is 0 Å². The van der Waals surface area contributed by atoms with Gasteiger partial charge in [0.05, 0.1) is 11.4 Å². The molecule has 0 fully saturated rings. The van der Waals surface area contributed by atoms with Crippen molar-refractivity contribution in [2.24, 2.45) is 0 Å². The summed E-state index contributed by atoms with van der Waals surface area (Å²) in [6.07, 6.45) is 5.62. The standard InChI is InChI=1S/C18H20N2/c1-2-8-16(9-3-1)10-6-14-20-15-7-13-19-17-11-4-5-12-18(17)20/h1-6,8-12,19H,7,13-15H2/b10-6+. The predicted molar refractivity (Wildman–Crippen MR) is 87.2 cm³/mol. The smallest absolute Gasteiger partial charge is 0.0604 e. The van der Waals surface area contributed by atoms with Crippen molar-refractivity contribution in [3.63, 3.8) is 0 Å². The summed E-state index contributed by atoms with van der Waals surface area (Å²) in [5.74, 6) is 0. The molecule has 102 valence electrons. The van der Waals surface area contributed by atoms with E-state index >= 15 is 0 Å². The summed E-state index contributed by atoms with van der Waals surface area (Å²) in [4.78, 5) is 2.44. The van der Waals surface area contributed by atoms with Gasteiger partial charge < -0.3 is 10.2 Å². The highest BCUT2D eigenvalue weighted by Crippen LogP contribution is 2.27. The van der Waals surface area contributed by atoms with Crippen LogP contribution >= 0.6 is 0 Å². The average Bonchev–Trinajstić information content (AvgIpc) is 2.71. The van der Waals surface area contributed by atoms with Crippen LogP contribution in [0.5, 0.6) is 0 Å². The first-order chi connectivity index (χ1) is 9.93. The van der Waals surface area contributed by atoms with Crippen LogP contribution in [0.15, 0.2) is 60.7 Å². The van der Waals surface area contributed by atoms with Gasteiger partial charge in [0.25, 0.3) is 0 Å². The van der Waals surface area contributed by atoms with Crippen LogP contribution in [0, 0.1) is 0 Å². The lowest BCUT2D eigenvalue weighted by Gasteiger charge is -2.22. The van der Waals surface area contributed by atoms with Gasteiger partial charge in [0, 0.05) is 19.6 Å². The third-order valence-corrected chi connectivity index (χ3v) is 3.60. The molecule has 0 bridgehead atoms. The Bertz CT molecular complexity index is 575. The summed E-state index contributed by atoms with van der Waals surface area (Å²) in [6.45, 7) is 3.10. The highest BCUT2D eigenvalue weighted by Gasteiger charge is 2.12. The van der Waals surface area contributed by atoms with Crippen LogP contribution in [0.4, 0.5) is 11.4 Å². The van der Waals surface area contributed by atoms with E-state index in [1.54, 1.807) is 0 Å². The molecule has 1 aliphatic rings. The molecule has 3 rings (SSSR count). The van der Waals surface area contributed by atoms with Crippen LogP contribution in [0.3, 0.4) is 0 Å². The van der Waals surface area contributed by atoms with E-state index in [2.05, 4.69) is 70.9 Å². The van der Waals surface area contributed by atoms with E-state index in [-0.39, 0.29) is 0 Å². The molecule has 0 saturated heterocycles. The summed E-state index contributed by atoms with van der Waals surface area (Å²) in [6, 6.07) is 19.0. The SMILES string of the molecule is C(=C\c1ccccc1)/CN1CCCNc2ccccc21. The zero-order chi connectivity index (χ0) is 13.6. The van der Waals surface area contributed by atoms with Crippen molar-refractivity contribution in [3.05, 3.63) is 66.2 Å². The Labute approximate surface area is 120 Å². The van der Waals surface area contributed by atoms with Crippen LogP contribution in [0.2, 0.25) is 0 Å². The van der Waals surface area contributed by atoms with Crippen LogP contribution in [0.25, 0.3) is 6.08 Å². The van der Waals surface area contributed by atoms with Gasteiger partial charge in [-0.25, -0.2) is 0 Å². The first-order valence-electron chi connectivity index (χ1n) is 7.23. The van der Waals surface area contributed by atoms with Crippen LogP contribution in [-0.4, -0.2) is 19.6 Å². The molecule has 0 spiro atoms. The molecule has 0 radical (unpaired) electrons. The molecule has 0 amide bonds. The Hall–Kier alpha value is -2.22. The highest BCUT2D eigenvalue weighted by molar-refractivity contribution is 5.71. The van der Waals surface area contributed by atoms with Crippen molar-refractivity contribution < 1.29 is 0 Å². The number of nitrogens with zero attached hydrogens (tertiary/aromatic N) is 1. The van der Waals surface area contributed by atoms with E-state index in [1.165, 1.54) is 23.4 Å². The van der Waals surface area contributed by atoms with Crippen LogP contribution < -0.4 is 10.2 Å². The number of hydrogen-bond donors (Lipinski definition) is 1. The van der Waals surface area contributed by atoms with E-state index in [0.717, 1.165) is 19.6 Å². The summed E-state index contributed by atoms with van der Waals surface area (Å²) in [5, 5.41) is 3.50. The van der Waals surface area contributed by atoms with Gasteiger partial charge in [0.2, 0.25) is 0 Å². The Morgan fingerprint density at radius 1 is 1.00 bits per heavy atom. The molecule has 0 saturated carbocycles. The fourth-order valence-corrected chi connectivity index (χ4v) is 2.58. The number of benzene rings is 2. The number of para-hydroxylation sites is 2. The predicted octanol–water partition coefficient (Wildman–Crippen LogP) is 4.02. The number of fused-ring (bicyclic) bond motifs is 1. The Morgan fingerprint density at radius 2 is 1.80 bits per heavy atom. The minimum absolute atomic E-state index is 0.952. The Kier molecular flexibility index (Phi) is 4.02. The van der Waals surface area contributed by atoms with E-state index in [9.17, 15) is 0 Å². The zero-order valence-electron chi connectivity index (χ0n) is 11.6. The third kappa shape index (κ3) is 3.02. The molecule has 2 nitrogen and oxygen atoms in total. The molecule has 1 N–H and O–H groups in total. The van der Waals surface area contributed by atoms with Gasteiger partial charge in [0.1, 0.15) is 0 Å². The summed E-state index contributed by atoms with van der Waals surface area (Å²) in [7, 11) is 0. The molecule has 2 aromatic carbocycles. The lowest BCUT2D eigenvalue weighted by molar-refractivity contribution is 0.808. The van der Waals surface area contributed by atoms with E-state index < -0.39 is 0 Å². The average molecular weight is 264 g/mol. The molecule has 0 aliphatic carbocycles. The van der Waals surface area contributed by atoms with Gasteiger partial charge in [-0.05, 0) is 24.1 Å². The maximum Gasteiger partial charge on any atom is 0.0604 e. The molecule has 0 aromatic heterocycles. The second-order valence-corrected chi connectivity index (χ2v) is 5.06. The fourth-order valence-electron chi connectivity index (χ4n) is 2.58. The van der Waals surface area contributed by atoms with E-state index in [1.807, 2.05) is 6.07 Å². The minimum atomic E-state index is 0.952. The Balaban J connectivity index is 1.73. The molecule has 1 heterocycles. The summed E-state index contributed by atoms with van der Waals surface area (Å²) in [5.41, 5.74) is 3.81. The molecular formula is C18H20N2. The van der Waals surface area contributed by atoms with Gasteiger partial charge in [-0.2, -0.15) is 0 Å². The molecule has 2 heteroatoms. The van der Waals surface area contributed by atoms with Crippen LogP contribution in [-0.2, 0) is 0 Å². The van der Waals surface area contributed by atoms with Crippen molar-refractivity contribution in [2.75, 3.05) is 29.9 Å². The summed E-state index contributed by atoms with van der Waals surface area (Å²) >= 11 is 0.